The van der Waals surface area contributed by atoms with Gasteiger partial charge >= 0.3 is 0 Å². The van der Waals surface area contributed by atoms with Crippen LogP contribution in [0.4, 0.5) is 0 Å². The highest BCUT2D eigenvalue weighted by molar-refractivity contribution is 9.13. The summed E-state index contributed by atoms with van der Waals surface area (Å²) >= 11 is 6.88. The molecule has 0 aliphatic rings. The van der Waals surface area contributed by atoms with Gasteiger partial charge in [0.05, 0.1) is 12.6 Å². The van der Waals surface area contributed by atoms with Crippen molar-refractivity contribution >= 4 is 31.9 Å². The molecule has 1 unspecified atom stereocenters. The summed E-state index contributed by atoms with van der Waals surface area (Å²) in [6.07, 6.45) is 0. The smallest absolute Gasteiger partial charge is 0.0626 e. The first-order chi connectivity index (χ1) is 6.20. The van der Waals surface area contributed by atoms with Gasteiger partial charge in [-0.15, -0.1) is 0 Å². The quantitative estimate of drug-likeness (QED) is 0.899. The predicted molar refractivity (Wildman–Crippen MR) is 60.7 cm³/mol. The van der Waals surface area contributed by atoms with Crippen LogP contribution in [0.15, 0.2) is 27.1 Å². The SMILES string of the molecule is CNC(CO)c1cccc(Br)c1Br. The van der Waals surface area contributed by atoms with Crippen LogP contribution in [-0.2, 0) is 0 Å². The summed E-state index contributed by atoms with van der Waals surface area (Å²) in [4.78, 5) is 0. The fourth-order valence-electron chi connectivity index (χ4n) is 1.13. The molecule has 0 aliphatic heterocycles. The molecule has 4 heteroatoms. The third kappa shape index (κ3) is 2.53. The second-order valence-corrected chi connectivity index (χ2v) is 4.31. The van der Waals surface area contributed by atoms with E-state index in [-0.39, 0.29) is 12.6 Å². The number of hydrogen-bond donors (Lipinski definition) is 2. The van der Waals surface area contributed by atoms with Crippen LogP contribution in [0, 0.1) is 0 Å². The molecule has 0 heterocycles. The van der Waals surface area contributed by atoms with Gasteiger partial charge in [-0.3, -0.25) is 0 Å². The summed E-state index contributed by atoms with van der Waals surface area (Å²) < 4.78 is 1.99. The van der Waals surface area contributed by atoms with Gasteiger partial charge in [-0.1, -0.05) is 12.1 Å². The Morgan fingerprint density at radius 3 is 2.69 bits per heavy atom. The summed E-state index contributed by atoms with van der Waals surface area (Å²) in [5.74, 6) is 0. The number of likely N-dealkylation sites (N-methyl/N-ethyl adjacent to an activating group) is 1. The largest absolute Gasteiger partial charge is 0.394 e. The minimum absolute atomic E-state index is 0.0214. The van der Waals surface area contributed by atoms with Crippen molar-refractivity contribution in [1.82, 2.24) is 5.32 Å². The van der Waals surface area contributed by atoms with Crippen molar-refractivity contribution < 1.29 is 5.11 Å². The van der Waals surface area contributed by atoms with Gasteiger partial charge < -0.3 is 10.4 Å². The van der Waals surface area contributed by atoms with Crippen LogP contribution in [0.2, 0.25) is 0 Å². The first-order valence-electron chi connectivity index (χ1n) is 3.92. The molecule has 1 rings (SSSR count). The number of hydrogen-bond acceptors (Lipinski definition) is 2. The second-order valence-electron chi connectivity index (χ2n) is 2.67. The van der Waals surface area contributed by atoms with Crippen LogP contribution in [0.1, 0.15) is 11.6 Å². The van der Waals surface area contributed by atoms with E-state index in [4.69, 9.17) is 5.11 Å². The summed E-state index contributed by atoms with van der Waals surface area (Å²) in [5, 5.41) is 12.1. The van der Waals surface area contributed by atoms with Gasteiger partial charge in [0.15, 0.2) is 0 Å². The molecule has 0 aliphatic carbocycles. The van der Waals surface area contributed by atoms with E-state index in [0.717, 1.165) is 14.5 Å². The number of aliphatic hydroxyl groups is 1. The first-order valence-corrected chi connectivity index (χ1v) is 5.51. The molecule has 2 N–H and O–H groups in total. The topological polar surface area (TPSA) is 32.3 Å². The number of halogens is 2. The summed E-state index contributed by atoms with van der Waals surface area (Å²) in [5.41, 5.74) is 1.05. The number of benzene rings is 1. The molecule has 1 atom stereocenters. The average Bonchev–Trinajstić information content (AvgIpc) is 2.14. The highest BCUT2D eigenvalue weighted by atomic mass is 79.9. The molecule has 1 aromatic carbocycles. The Balaban J connectivity index is 3.05. The lowest BCUT2D eigenvalue weighted by molar-refractivity contribution is 0.250. The minimum atomic E-state index is -0.0214. The van der Waals surface area contributed by atoms with Crippen molar-refractivity contribution in [2.24, 2.45) is 0 Å². The average molecular weight is 309 g/mol. The molecule has 0 bridgehead atoms. The molecule has 0 radical (unpaired) electrons. The van der Waals surface area contributed by atoms with Gasteiger partial charge in [0.25, 0.3) is 0 Å². The zero-order valence-electron chi connectivity index (χ0n) is 7.22. The molecule has 13 heavy (non-hydrogen) atoms. The van der Waals surface area contributed by atoms with E-state index in [1.54, 1.807) is 0 Å². The normalized spacial score (nSPS) is 12.9. The molecular weight excluding hydrogens is 298 g/mol. The van der Waals surface area contributed by atoms with E-state index in [2.05, 4.69) is 37.2 Å². The lowest BCUT2D eigenvalue weighted by Crippen LogP contribution is -2.20. The van der Waals surface area contributed by atoms with Crippen molar-refractivity contribution in [1.29, 1.82) is 0 Å². The van der Waals surface area contributed by atoms with E-state index >= 15 is 0 Å². The Bertz CT molecular complexity index is 287. The van der Waals surface area contributed by atoms with E-state index in [1.807, 2.05) is 25.2 Å². The fraction of sp³-hybridized carbons (Fsp3) is 0.333. The maximum Gasteiger partial charge on any atom is 0.0626 e. The van der Waals surface area contributed by atoms with Gasteiger partial charge in [0, 0.05) is 8.95 Å². The van der Waals surface area contributed by atoms with E-state index in [9.17, 15) is 0 Å². The van der Waals surface area contributed by atoms with Crippen LogP contribution < -0.4 is 5.32 Å². The third-order valence-corrected chi connectivity index (χ3v) is 3.97. The number of nitrogens with one attached hydrogen (secondary N) is 1. The van der Waals surface area contributed by atoms with Gasteiger partial charge in [0.2, 0.25) is 0 Å². The van der Waals surface area contributed by atoms with Gasteiger partial charge in [0.1, 0.15) is 0 Å². The van der Waals surface area contributed by atoms with Crippen LogP contribution >= 0.6 is 31.9 Å². The second kappa shape index (κ2) is 5.10. The number of rotatable bonds is 3. The third-order valence-electron chi connectivity index (χ3n) is 1.89. The van der Waals surface area contributed by atoms with Crippen LogP contribution in [-0.4, -0.2) is 18.8 Å². The van der Waals surface area contributed by atoms with Crippen LogP contribution in [0.3, 0.4) is 0 Å². The lowest BCUT2D eigenvalue weighted by atomic mass is 10.1. The molecule has 2 nitrogen and oxygen atoms in total. The molecule has 1 aromatic rings. The predicted octanol–water partition coefficient (Wildman–Crippen LogP) is 2.46. The summed E-state index contributed by atoms with van der Waals surface area (Å²) in [7, 11) is 1.83. The van der Waals surface area contributed by atoms with E-state index in [0.29, 0.717) is 0 Å². The van der Waals surface area contributed by atoms with E-state index < -0.39 is 0 Å². The van der Waals surface area contributed by atoms with Crippen LogP contribution in [0.25, 0.3) is 0 Å². The van der Waals surface area contributed by atoms with Crippen molar-refractivity contribution in [3.05, 3.63) is 32.7 Å². The summed E-state index contributed by atoms with van der Waals surface area (Å²) in [6.45, 7) is 0.0888. The van der Waals surface area contributed by atoms with E-state index in [1.165, 1.54) is 0 Å². The van der Waals surface area contributed by atoms with Crippen LogP contribution in [0.5, 0.6) is 0 Å². The van der Waals surface area contributed by atoms with Gasteiger partial charge in [-0.05, 0) is 50.5 Å². The Kier molecular flexibility index (Phi) is 4.38. The molecule has 0 aromatic heterocycles. The first kappa shape index (κ1) is 11.2. The van der Waals surface area contributed by atoms with Crippen molar-refractivity contribution in [3.63, 3.8) is 0 Å². The molecule has 0 amide bonds. The molecule has 0 fully saturated rings. The van der Waals surface area contributed by atoms with Crippen molar-refractivity contribution in [3.8, 4) is 0 Å². The molecular formula is C9H11Br2NO. The standard InChI is InChI=1S/C9H11Br2NO/c1-12-8(5-13)6-3-2-4-7(10)9(6)11/h2-4,8,12-13H,5H2,1H3. The molecule has 72 valence electrons. The minimum Gasteiger partial charge on any atom is -0.394 e. The van der Waals surface area contributed by atoms with Gasteiger partial charge in [-0.25, -0.2) is 0 Å². The lowest BCUT2D eigenvalue weighted by Gasteiger charge is -2.15. The Labute approximate surface area is 94.6 Å². The fourth-order valence-corrected chi connectivity index (χ4v) is 2.06. The highest BCUT2D eigenvalue weighted by Gasteiger charge is 2.12. The monoisotopic (exact) mass is 307 g/mol. The van der Waals surface area contributed by atoms with Crippen molar-refractivity contribution in [2.45, 2.75) is 6.04 Å². The number of aliphatic hydroxyl groups excluding tert-OH is 1. The maximum atomic E-state index is 9.10. The Morgan fingerprint density at radius 2 is 2.15 bits per heavy atom. The summed E-state index contributed by atoms with van der Waals surface area (Å²) in [6, 6.07) is 5.86. The zero-order valence-corrected chi connectivity index (χ0v) is 10.4. The Hall–Kier alpha value is 0.1000. The molecule has 0 spiro atoms. The maximum absolute atomic E-state index is 9.10. The highest BCUT2D eigenvalue weighted by Crippen LogP contribution is 2.30. The van der Waals surface area contributed by atoms with Crippen molar-refractivity contribution in [2.75, 3.05) is 13.7 Å². The van der Waals surface area contributed by atoms with Gasteiger partial charge in [-0.2, -0.15) is 0 Å². The molecule has 0 saturated heterocycles. The zero-order chi connectivity index (χ0) is 9.84. The molecule has 0 saturated carbocycles. The Morgan fingerprint density at radius 1 is 1.46 bits per heavy atom.